The molecule has 22 heavy (non-hydrogen) atoms. The van der Waals surface area contributed by atoms with Gasteiger partial charge in [0.05, 0.1) is 5.01 Å². The van der Waals surface area contributed by atoms with Gasteiger partial charge in [-0.3, -0.25) is 4.79 Å². The minimum absolute atomic E-state index is 0.0270. The summed E-state index contributed by atoms with van der Waals surface area (Å²) in [6, 6.07) is 8.67. The van der Waals surface area contributed by atoms with Gasteiger partial charge in [-0.25, -0.2) is 9.78 Å². The summed E-state index contributed by atoms with van der Waals surface area (Å²) in [5, 5.41) is 4.47. The number of aryl methyl sites for hydroxylation is 1. The molecule has 0 unspecified atom stereocenters. The fourth-order valence-corrected chi connectivity index (χ4v) is 2.93. The van der Waals surface area contributed by atoms with Crippen molar-refractivity contribution in [3.05, 3.63) is 62.4 Å². The minimum Gasteiger partial charge on any atom is -0.422 e. The number of fused-ring (bicyclic) bond motifs is 1. The SMILES string of the molecule is Cc1ncc(CCNC(=O)c2cc3ccccc3oc2=O)s1. The van der Waals surface area contributed by atoms with Crippen molar-refractivity contribution in [2.45, 2.75) is 13.3 Å². The second kappa shape index (κ2) is 6.11. The Kier molecular flexibility index (Phi) is 4.02. The van der Waals surface area contributed by atoms with E-state index in [9.17, 15) is 9.59 Å². The van der Waals surface area contributed by atoms with E-state index >= 15 is 0 Å². The van der Waals surface area contributed by atoms with Gasteiger partial charge in [0.25, 0.3) is 5.91 Å². The van der Waals surface area contributed by atoms with Crippen LogP contribution in [0.2, 0.25) is 0 Å². The molecular formula is C16H14N2O3S. The Morgan fingerprint density at radius 1 is 1.36 bits per heavy atom. The lowest BCUT2D eigenvalue weighted by Gasteiger charge is -2.04. The Labute approximate surface area is 130 Å². The average Bonchev–Trinajstić information content (AvgIpc) is 2.92. The van der Waals surface area contributed by atoms with Gasteiger partial charge in [-0.2, -0.15) is 0 Å². The summed E-state index contributed by atoms with van der Waals surface area (Å²) in [6.07, 6.45) is 2.49. The number of hydrogen-bond acceptors (Lipinski definition) is 5. The van der Waals surface area contributed by atoms with E-state index in [1.807, 2.05) is 13.0 Å². The molecule has 0 bridgehead atoms. The monoisotopic (exact) mass is 314 g/mol. The van der Waals surface area contributed by atoms with Crippen LogP contribution in [-0.4, -0.2) is 17.4 Å². The Morgan fingerprint density at radius 2 is 2.18 bits per heavy atom. The number of nitrogens with zero attached hydrogens (tertiary/aromatic N) is 1. The van der Waals surface area contributed by atoms with Crippen molar-refractivity contribution in [3.8, 4) is 0 Å². The van der Waals surface area contributed by atoms with E-state index in [1.165, 1.54) is 0 Å². The Morgan fingerprint density at radius 3 is 2.95 bits per heavy atom. The zero-order valence-corrected chi connectivity index (χ0v) is 12.8. The highest BCUT2D eigenvalue weighted by Crippen LogP contribution is 2.13. The van der Waals surface area contributed by atoms with Crippen LogP contribution in [0.1, 0.15) is 20.2 Å². The molecule has 0 saturated heterocycles. The van der Waals surface area contributed by atoms with E-state index in [1.54, 1.807) is 41.8 Å². The molecule has 2 aromatic heterocycles. The van der Waals surface area contributed by atoms with Gasteiger partial charge in [0, 0.05) is 29.4 Å². The van der Waals surface area contributed by atoms with Crippen molar-refractivity contribution in [2.24, 2.45) is 0 Å². The normalized spacial score (nSPS) is 10.8. The molecule has 2 heterocycles. The summed E-state index contributed by atoms with van der Waals surface area (Å²) in [4.78, 5) is 29.3. The van der Waals surface area contributed by atoms with Crippen molar-refractivity contribution >= 4 is 28.2 Å². The minimum atomic E-state index is -0.621. The number of amides is 1. The smallest absolute Gasteiger partial charge is 0.349 e. The van der Waals surface area contributed by atoms with Crippen LogP contribution < -0.4 is 10.9 Å². The maximum Gasteiger partial charge on any atom is 0.349 e. The van der Waals surface area contributed by atoms with Crippen molar-refractivity contribution in [3.63, 3.8) is 0 Å². The molecule has 0 spiro atoms. The molecule has 1 aromatic carbocycles. The summed E-state index contributed by atoms with van der Waals surface area (Å²) in [5.74, 6) is -0.416. The highest BCUT2D eigenvalue weighted by Gasteiger charge is 2.13. The standard InChI is InChI=1S/C16H14N2O3S/c1-10-18-9-12(22-10)6-7-17-15(19)13-8-11-4-2-3-5-14(11)21-16(13)20/h2-5,8-9H,6-7H2,1H3,(H,17,19). The maximum absolute atomic E-state index is 12.1. The predicted octanol–water partition coefficient (Wildman–Crippen LogP) is 2.53. The average molecular weight is 314 g/mol. The van der Waals surface area contributed by atoms with Crippen LogP contribution in [0.4, 0.5) is 0 Å². The molecular weight excluding hydrogens is 300 g/mol. The first kappa shape index (κ1) is 14.5. The summed E-state index contributed by atoms with van der Waals surface area (Å²) in [5.41, 5.74) is -0.117. The molecule has 0 aliphatic rings. The Bertz CT molecular complexity index is 882. The molecule has 0 aliphatic heterocycles. The van der Waals surface area contributed by atoms with Gasteiger partial charge in [-0.15, -0.1) is 11.3 Å². The molecule has 5 nitrogen and oxygen atoms in total. The molecule has 0 radical (unpaired) electrons. The molecule has 6 heteroatoms. The van der Waals surface area contributed by atoms with Gasteiger partial charge in [0.2, 0.25) is 0 Å². The van der Waals surface area contributed by atoms with Crippen LogP contribution in [0.25, 0.3) is 11.0 Å². The van der Waals surface area contributed by atoms with E-state index in [0.29, 0.717) is 18.5 Å². The van der Waals surface area contributed by atoms with E-state index in [0.717, 1.165) is 15.3 Å². The second-order valence-corrected chi connectivity index (χ2v) is 6.16. The third-order valence-electron chi connectivity index (χ3n) is 3.21. The number of carbonyl (C=O) groups excluding carboxylic acids is 1. The van der Waals surface area contributed by atoms with Gasteiger partial charge >= 0.3 is 5.63 Å². The number of thiazole rings is 1. The number of carbonyl (C=O) groups is 1. The summed E-state index contributed by atoms with van der Waals surface area (Å²) >= 11 is 1.60. The van der Waals surface area contributed by atoms with Gasteiger partial charge in [-0.05, 0) is 19.1 Å². The molecule has 0 fully saturated rings. The van der Waals surface area contributed by atoms with Crippen molar-refractivity contribution < 1.29 is 9.21 Å². The molecule has 1 amide bonds. The van der Waals surface area contributed by atoms with Crippen molar-refractivity contribution in [1.29, 1.82) is 0 Å². The van der Waals surface area contributed by atoms with Gasteiger partial charge in [0.1, 0.15) is 11.1 Å². The Hall–Kier alpha value is -2.47. The second-order valence-electron chi connectivity index (χ2n) is 4.84. The predicted molar refractivity (Wildman–Crippen MR) is 85.4 cm³/mol. The molecule has 3 aromatic rings. The fraction of sp³-hybridized carbons (Fsp3) is 0.188. The zero-order chi connectivity index (χ0) is 15.5. The number of nitrogens with one attached hydrogen (secondary N) is 1. The van der Waals surface area contributed by atoms with Gasteiger partial charge in [-0.1, -0.05) is 18.2 Å². The van der Waals surface area contributed by atoms with Crippen molar-refractivity contribution in [1.82, 2.24) is 10.3 Å². The highest BCUT2D eigenvalue weighted by atomic mass is 32.1. The first-order valence-corrected chi connectivity index (χ1v) is 7.67. The number of rotatable bonds is 4. The quantitative estimate of drug-likeness (QED) is 0.751. The molecule has 1 N–H and O–H groups in total. The molecule has 3 rings (SSSR count). The first-order valence-electron chi connectivity index (χ1n) is 6.86. The van der Waals surface area contributed by atoms with Crippen LogP contribution in [0.15, 0.2) is 45.7 Å². The fourth-order valence-electron chi connectivity index (χ4n) is 2.14. The van der Waals surface area contributed by atoms with Crippen LogP contribution in [0, 0.1) is 6.92 Å². The van der Waals surface area contributed by atoms with E-state index in [-0.39, 0.29) is 5.56 Å². The molecule has 0 saturated carbocycles. The van der Waals surface area contributed by atoms with Gasteiger partial charge < -0.3 is 9.73 Å². The number of benzene rings is 1. The Balaban J connectivity index is 1.72. The number of para-hydroxylation sites is 1. The first-order chi connectivity index (χ1) is 10.6. The molecule has 0 aliphatic carbocycles. The number of aromatic nitrogens is 1. The van der Waals surface area contributed by atoms with E-state index in [2.05, 4.69) is 10.3 Å². The lowest BCUT2D eigenvalue weighted by molar-refractivity contribution is 0.0950. The van der Waals surface area contributed by atoms with E-state index < -0.39 is 11.5 Å². The van der Waals surface area contributed by atoms with Crippen LogP contribution in [0.5, 0.6) is 0 Å². The maximum atomic E-state index is 12.1. The zero-order valence-electron chi connectivity index (χ0n) is 12.0. The lowest BCUT2D eigenvalue weighted by Crippen LogP contribution is -2.29. The largest absolute Gasteiger partial charge is 0.422 e. The highest BCUT2D eigenvalue weighted by molar-refractivity contribution is 7.11. The van der Waals surface area contributed by atoms with Crippen LogP contribution >= 0.6 is 11.3 Å². The third-order valence-corrected chi connectivity index (χ3v) is 4.18. The van der Waals surface area contributed by atoms with Gasteiger partial charge in [0.15, 0.2) is 0 Å². The number of hydrogen-bond donors (Lipinski definition) is 1. The van der Waals surface area contributed by atoms with Crippen LogP contribution in [0.3, 0.4) is 0 Å². The summed E-state index contributed by atoms with van der Waals surface area (Å²) in [7, 11) is 0. The summed E-state index contributed by atoms with van der Waals surface area (Å²) in [6.45, 7) is 2.39. The molecule has 0 atom stereocenters. The lowest BCUT2D eigenvalue weighted by atomic mass is 10.2. The molecule has 112 valence electrons. The summed E-state index contributed by atoms with van der Waals surface area (Å²) < 4.78 is 5.16. The van der Waals surface area contributed by atoms with Crippen LogP contribution in [-0.2, 0) is 6.42 Å². The third kappa shape index (κ3) is 3.07. The topological polar surface area (TPSA) is 72.2 Å². The van der Waals surface area contributed by atoms with E-state index in [4.69, 9.17) is 4.42 Å². The van der Waals surface area contributed by atoms with Crippen molar-refractivity contribution in [2.75, 3.05) is 6.54 Å².